The molecule has 0 aromatic heterocycles. The summed E-state index contributed by atoms with van der Waals surface area (Å²) in [7, 11) is 0. The van der Waals surface area contributed by atoms with Crippen LogP contribution >= 0.6 is 0 Å². The number of anilines is 1. The summed E-state index contributed by atoms with van der Waals surface area (Å²) in [6.07, 6.45) is 2.91. The number of halogens is 3. The molecule has 0 heterocycles. The zero-order valence-corrected chi connectivity index (χ0v) is 18.6. The van der Waals surface area contributed by atoms with Gasteiger partial charge in [-0.05, 0) is 42.2 Å². The first-order valence-electron chi connectivity index (χ1n) is 10.5. The van der Waals surface area contributed by atoms with Crippen molar-refractivity contribution in [2.45, 2.75) is 25.9 Å². The Bertz CT molecular complexity index is 1050. The van der Waals surface area contributed by atoms with Crippen molar-refractivity contribution in [2.75, 3.05) is 11.9 Å². The smallest absolute Gasteiger partial charge is 0.385 e. The minimum absolute atomic E-state index is 0.0544. The SMILES string of the molecule is C=C(/C=C\C=N/N)/C(=C\Cc1ccccc1C(F)(F)F)NC(=C)c1ccccc1NCCC. The van der Waals surface area contributed by atoms with Crippen LogP contribution in [0.3, 0.4) is 0 Å². The van der Waals surface area contributed by atoms with Crippen molar-refractivity contribution in [3.8, 4) is 0 Å². The first-order valence-corrected chi connectivity index (χ1v) is 10.5. The van der Waals surface area contributed by atoms with Gasteiger partial charge in [0.1, 0.15) is 0 Å². The van der Waals surface area contributed by atoms with E-state index in [0.717, 1.165) is 30.3 Å². The minimum atomic E-state index is -4.43. The van der Waals surface area contributed by atoms with E-state index in [1.807, 2.05) is 24.3 Å². The van der Waals surface area contributed by atoms with Crippen LogP contribution in [0.2, 0.25) is 0 Å². The molecular weight excluding hydrogens is 425 g/mol. The van der Waals surface area contributed by atoms with E-state index >= 15 is 0 Å². The number of rotatable bonds is 11. The molecule has 4 nitrogen and oxygen atoms in total. The van der Waals surface area contributed by atoms with Gasteiger partial charge in [-0.15, -0.1) is 0 Å². The van der Waals surface area contributed by atoms with Crippen LogP contribution in [-0.4, -0.2) is 12.8 Å². The van der Waals surface area contributed by atoms with Gasteiger partial charge in [0.2, 0.25) is 0 Å². The Labute approximate surface area is 193 Å². The number of nitrogens with one attached hydrogen (secondary N) is 2. The van der Waals surface area contributed by atoms with Crippen LogP contribution in [0.1, 0.15) is 30.0 Å². The maximum absolute atomic E-state index is 13.4. The summed E-state index contributed by atoms with van der Waals surface area (Å²) < 4.78 is 40.2. The fourth-order valence-corrected chi connectivity index (χ4v) is 3.14. The van der Waals surface area contributed by atoms with Crippen LogP contribution in [0.4, 0.5) is 18.9 Å². The van der Waals surface area contributed by atoms with Crippen LogP contribution in [0, 0.1) is 0 Å². The van der Waals surface area contributed by atoms with Gasteiger partial charge in [-0.1, -0.05) is 68.6 Å². The Morgan fingerprint density at radius 1 is 1.09 bits per heavy atom. The highest BCUT2D eigenvalue weighted by atomic mass is 19.4. The van der Waals surface area contributed by atoms with Crippen LogP contribution in [0.25, 0.3) is 5.70 Å². The van der Waals surface area contributed by atoms with E-state index in [9.17, 15) is 13.2 Å². The van der Waals surface area contributed by atoms with Gasteiger partial charge in [0.15, 0.2) is 0 Å². The van der Waals surface area contributed by atoms with Crippen LogP contribution in [-0.2, 0) is 12.6 Å². The maximum Gasteiger partial charge on any atom is 0.416 e. The molecule has 0 atom stereocenters. The van der Waals surface area contributed by atoms with Crippen molar-refractivity contribution in [2.24, 2.45) is 10.9 Å². The van der Waals surface area contributed by atoms with Gasteiger partial charge >= 0.3 is 6.18 Å². The first kappa shape index (κ1) is 25.5. The number of hydrazone groups is 1. The van der Waals surface area contributed by atoms with Gasteiger partial charge in [-0.25, -0.2) is 0 Å². The Balaban J connectivity index is 2.36. The quantitative estimate of drug-likeness (QED) is 0.162. The third kappa shape index (κ3) is 7.71. The highest BCUT2D eigenvalue weighted by molar-refractivity contribution is 5.76. The Morgan fingerprint density at radius 3 is 2.48 bits per heavy atom. The predicted molar refractivity (Wildman–Crippen MR) is 132 cm³/mol. The van der Waals surface area contributed by atoms with Gasteiger partial charge in [-0.2, -0.15) is 18.3 Å². The van der Waals surface area contributed by atoms with E-state index in [0.29, 0.717) is 17.0 Å². The van der Waals surface area contributed by atoms with Crippen molar-refractivity contribution in [1.82, 2.24) is 5.32 Å². The van der Waals surface area contributed by atoms with Gasteiger partial charge < -0.3 is 16.5 Å². The Kier molecular flexibility index (Phi) is 9.54. The molecule has 0 saturated heterocycles. The Hall–Kier alpha value is -3.74. The standard InChI is InChI=1S/C26H29F3N4/c1-4-17-31-25-14-8-6-12-22(25)20(3)33-24(19(2)10-9-18-32-30)16-15-21-11-5-7-13-23(21)26(27,28)29/h5-14,16,18,31,33H,2-4,15,17,30H2,1H3/b10-9-,24-16+,32-18-. The van der Waals surface area contributed by atoms with Gasteiger partial charge in [0, 0.05) is 35.4 Å². The average Bonchev–Trinajstić information content (AvgIpc) is 2.80. The molecule has 0 fully saturated rings. The van der Waals surface area contributed by atoms with E-state index in [1.165, 1.54) is 18.3 Å². The van der Waals surface area contributed by atoms with Crippen molar-refractivity contribution < 1.29 is 13.2 Å². The molecule has 0 unspecified atom stereocenters. The lowest BCUT2D eigenvalue weighted by atomic mass is 10.0. The summed E-state index contributed by atoms with van der Waals surface area (Å²) in [5.74, 6) is 5.13. The number of hydrogen-bond acceptors (Lipinski definition) is 4. The number of alkyl halides is 3. The fourth-order valence-electron chi connectivity index (χ4n) is 3.14. The molecule has 0 bridgehead atoms. The van der Waals surface area contributed by atoms with Crippen molar-refractivity contribution in [3.63, 3.8) is 0 Å². The van der Waals surface area contributed by atoms with Crippen LogP contribution in [0.5, 0.6) is 0 Å². The highest BCUT2D eigenvalue weighted by Crippen LogP contribution is 2.32. The summed E-state index contributed by atoms with van der Waals surface area (Å²) in [5, 5.41) is 9.99. The predicted octanol–water partition coefficient (Wildman–Crippen LogP) is 6.27. The zero-order valence-electron chi connectivity index (χ0n) is 18.6. The van der Waals surface area contributed by atoms with E-state index in [2.05, 4.69) is 35.8 Å². The topological polar surface area (TPSA) is 62.4 Å². The molecular formula is C26H29F3N4. The van der Waals surface area contributed by atoms with Crippen molar-refractivity contribution >= 4 is 17.6 Å². The summed E-state index contributed by atoms with van der Waals surface area (Å²) in [6.45, 7) is 11.0. The third-order valence-corrected chi connectivity index (χ3v) is 4.77. The summed E-state index contributed by atoms with van der Waals surface area (Å²) in [4.78, 5) is 0. The number of allylic oxidation sites excluding steroid dienone is 3. The van der Waals surface area contributed by atoms with Gasteiger partial charge in [0.05, 0.1) is 5.56 Å². The molecule has 0 aliphatic rings. The van der Waals surface area contributed by atoms with Crippen LogP contribution in [0.15, 0.2) is 96.3 Å². The number of para-hydroxylation sites is 1. The second-order valence-corrected chi connectivity index (χ2v) is 7.24. The molecule has 7 heteroatoms. The van der Waals surface area contributed by atoms with E-state index in [1.54, 1.807) is 24.3 Å². The molecule has 2 aromatic rings. The molecule has 174 valence electrons. The zero-order chi connectivity index (χ0) is 24.3. The molecule has 2 rings (SSSR count). The molecule has 4 N–H and O–H groups in total. The lowest BCUT2D eigenvalue weighted by molar-refractivity contribution is -0.138. The monoisotopic (exact) mass is 454 g/mol. The second-order valence-electron chi connectivity index (χ2n) is 7.24. The van der Waals surface area contributed by atoms with Gasteiger partial charge in [0.25, 0.3) is 0 Å². The van der Waals surface area contributed by atoms with Crippen LogP contribution < -0.4 is 16.5 Å². The van der Waals surface area contributed by atoms with E-state index in [4.69, 9.17) is 5.84 Å². The molecule has 2 aromatic carbocycles. The molecule has 0 amide bonds. The first-order chi connectivity index (χ1) is 15.8. The molecule has 0 aliphatic heterocycles. The average molecular weight is 455 g/mol. The summed E-state index contributed by atoms with van der Waals surface area (Å²) in [6, 6.07) is 13.2. The number of nitrogens with zero attached hydrogens (tertiary/aromatic N) is 1. The van der Waals surface area contributed by atoms with Crippen molar-refractivity contribution in [3.05, 3.63) is 108 Å². The highest BCUT2D eigenvalue weighted by Gasteiger charge is 2.32. The molecule has 33 heavy (non-hydrogen) atoms. The molecule has 0 spiro atoms. The summed E-state index contributed by atoms with van der Waals surface area (Å²) in [5.41, 5.74) is 2.93. The fraction of sp³-hybridized carbons (Fsp3) is 0.192. The Morgan fingerprint density at radius 2 is 1.79 bits per heavy atom. The lowest BCUT2D eigenvalue weighted by Crippen LogP contribution is -2.15. The maximum atomic E-state index is 13.4. The second kappa shape index (κ2) is 12.3. The third-order valence-electron chi connectivity index (χ3n) is 4.77. The van der Waals surface area contributed by atoms with E-state index in [-0.39, 0.29) is 12.0 Å². The molecule has 0 aliphatic carbocycles. The van der Waals surface area contributed by atoms with E-state index < -0.39 is 11.7 Å². The largest absolute Gasteiger partial charge is 0.416 e. The molecule has 0 radical (unpaired) electrons. The van der Waals surface area contributed by atoms with Crippen molar-refractivity contribution in [1.29, 1.82) is 0 Å². The van der Waals surface area contributed by atoms with Gasteiger partial charge in [-0.3, -0.25) is 0 Å². The number of hydrogen-bond donors (Lipinski definition) is 3. The minimum Gasteiger partial charge on any atom is -0.385 e. The molecule has 0 saturated carbocycles. The lowest BCUT2D eigenvalue weighted by Gasteiger charge is -2.18. The summed E-state index contributed by atoms with van der Waals surface area (Å²) >= 11 is 0. The number of nitrogens with two attached hydrogens (primary N) is 1. The normalized spacial score (nSPS) is 12.3. The number of benzene rings is 2.